The van der Waals surface area contributed by atoms with Gasteiger partial charge in [0, 0.05) is 6.20 Å². The molecule has 4 nitrogen and oxygen atoms in total. The zero-order valence-corrected chi connectivity index (χ0v) is 12.1. The molecule has 0 atom stereocenters. The zero-order chi connectivity index (χ0) is 15.2. The van der Waals surface area contributed by atoms with Gasteiger partial charge in [-0.3, -0.25) is 0 Å². The maximum Gasteiger partial charge on any atom is 0.323 e. The molecule has 0 fully saturated rings. The van der Waals surface area contributed by atoms with Crippen molar-refractivity contribution < 1.29 is 9.90 Å². The summed E-state index contributed by atoms with van der Waals surface area (Å²) in [5, 5.41) is 14.9. The lowest BCUT2D eigenvalue weighted by Gasteiger charge is -2.07. The average Bonchev–Trinajstić information content (AvgIpc) is 2.43. The molecular weight excluding hydrogens is 264 g/mol. The Morgan fingerprint density at radius 2 is 1.86 bits per heavy atom. The maximum absolute atomic E-state index is 11.7. The molecule has 0 unspecified atom stereocenters. The molecular formula is C17H18N2O2. The Balaban J connectivity index is 1.94. The van der Waals surface area contributed by atoms with Crippen molar-refractivity contribution in [1.82, 2.24) is 5.32 Å². The van der Waals surface area contributed by atoms with Gasteiger partial charge in [-0.2, -0.15) is 0 Å². The van der Waals surface area contributed by atoms with Crippen LogP contribution in [0.5, 0.6) is 5.75 Å². The number of phenols is 1. The summed E-state index contributed by atoms with van der Waals surface area (Å²) in [5.41, 5.74) is 3.51. The minimum absolute atomic E-state index is 0.0402. The third-order valence-corrected chi connectivity index (χ3v) is 2.93. The Bertz CT molecular complexity index is 678. The predicted molar refractivity (Wildman–Crippen MR) is 85.2 cm³/mol. The van der Waals surface area contributed by atoms with Gasteiger partial charge in [-0.25, -0.2) is 4.79 Å². The fourth-order valence-corrected chi connectivity index (χ4v) is 1.90. The second-order valence-electron chi connectivity index (χ2n) is 4.87. The second kappa shape index (κ2) is 6.61. The lowest BCUT2D eigenvalue weighted by atomic mass is 10.1. The molecule has 2 aromatic rings. The fourth-order valence-electron chi connectivity index (χ4n) is 1.90. The van der Waals surface area contributed by atoms with Gasteiger partial charge in [0.05, 0.1) is 5.69 Å². The molecule has 2 amide bonds. The van der Waals surface area contributed by atoms with E-state index in [1.54, 1.807) is 24.4 Å². The third kappa shape index (κ3) is 4.38. The Hall–Kier alpha value is -2.75. The molecule has 0 bridgehead atoms. The molecule has 3 N–H and O–H groups in total. The standard InChI is InChI=1S/C17H18N2O2/c1-12-4-3-5-14(10-12)8-9-18-17(21)19-15-11-13(2)6-7-16(15)20/h3-11,20H,1-2H3,(H2,18,19,21)/b9-8+. The Morgan fingerprint density at radius 3 is 2.62 bits per heavy atom. The Morgan fingerprint density at radius 1 is 1.10 bits per heavy atom. The van der Waals surface area contributed by atoms with E-state index < -0.39 is 6.03 Å². The van der Waals surface area contributed by atoms with E-state index in [4.69, 9.17) is 0 Å². The maximum atomic E-state index is 11.7. The van der Waals surface area contributed by atoms with Gasteiger partial charge in [0.1, 0.15) is 5.75 Å². The number of amides is 2. The van der Waals surface area contributed by atoms with E-state index in [9.17, 15) is 9.90 Å². The van der Waals surface area contributed by atoms with Gasteiger partial charge >= 0.3 is 6.03 Å². The zero-order valence-electron chi connectivity index (χ0n) is 12.1. The number of nitrogens with one attached hydrogen (secondary N) is 2. The molecule has 0 aliphatic rings. The summed E-state index contributed by atoms with van der Waals surface area (Å²) in [6.07, 6.45) is 3.37. The summed E-state index contributed by atoms with van der Waals surface area (Å²) < 4.78 is 0. The highest BCUT2D eigenvalue weighted by Crippen LogP contribution is 2.23. The van der Waals surface area contributed by atoms with Crippen LogP contribution in [0, 0.1) is 13.8 Å². The van der Waals surface area contributed by atoms with E-state index in [1.165, 1.54) is 0 Å². The summed E-state index contributed by atoms with van der Waals surface area (Å²) in [7, 11) is 0. The first-order valence-electron chi connectivity index (χ1n) is 6.65. The van der Waals surface area contributed by atoms with Crippen LogP contribution in [-0.2, 0) is 0 Å². The molecule has 0 aliphatic carbocycles. The fraction of sp³-hybridized carbons (Fsp3) is 0.118. The number of hydrogen-bond donors (Lipinski definition) is 3. The molecule has 0 saturated carbocycles. The first-order valence-corrected chi connectivity index (χ1v) is 6.65. The third-order valence-electron chi connectivity index (χ3n) is 2.93. The predicted octanol–water partition coefficient (Wildman–Crippen LogP) is 3.80. The van der Waals surface area contributed by atoms with Crippen LogP contribution in [0.3, 0.4) is 0 Å². The van der Waals surface area contributed by atoms with E-state index in [-0.39, 0.29) is 5.75 Å². The number of phenolic OH excluding ortho intramolecular Hbond substituents is 1. The quantitative estimate of drug-likeness (QED) is 0.750. The van der Waals surface area contributed by atoms with Crippen LogP contribution in [0.4, 0.5) is 10.5 Å². The topological polar surface area (TPSA) is 61.4 Å². The monoisotopic (exact) mass is 282 g/mol. The first-order chi connectivity index (χ1) is 10.0. The summed E-state index contributed by atoms with van der Waals surface area (Å²) in [5.74, 6) is 0.0402. The van der Waals surface area contributed by atoms with E-state index in [2.05, 4.69) is 10.6 Å². The lowest BCUT2D eigenvalue weighted by molar-refractivity contribution is 0.255. The highest BCUT2D eigenvalue weighted by Gasteiger charge is 2.04. The van der Waals surface area contributed by atoms with Crippen LogP contribution in [0.1, 0.15) is 16.7 Å². The highest BCUT2D eigenvalue weighted by molar-refractivity contribution is 5.91. The van der Waals surface area contributed by atoms with Gasteiger partial charge < -0.3 is 15.7 Å². The van der Waals surface area contributed by atoms with E-state index in [0.29, 0.717) is 5.69 Å². The normalized spacial score (nSPS) is 10.6. The molecule has 0 heterocycles. The minimum Gasteiger partial charge on any atom is -0.506 e. The van der Waals surface area contributed by atoms with Gasteiger partial charge in [0.2, 0.25) is 0 Å². The average molecular weight is 282 g/mol. The smallest absolute Gasteiger partial charge is 0.323 e. The number of aromatic hydroxyl groups is 1. The van der Waals surface area contributed by atoms with Crippen LogP contribution in [0.25, 0.3) is 6.08 Å². The van der Waals surface area contributed by atoms with Gasteiger partial charge in [0.15, 0.2) is 0 Å². The Kier molecular flexibility index (Phi) is 4.61. The molecule has 0 spiro atoms. The van der Waals surface area contributed by atoms with Crippen molar-refractivity contribution in [1.29, 1.82) is 0 Å². The first kappa shape index (κ1) is 14.7. The van der Waals surface area contributed by atoms with Gasteiger partial charge in [-0.15, -0.1) is 0 Å². The summed E-state index contributed by atoms with van der Waals surface area (Å²) in [6.45, 7) is 3.90. The van der Waals surface area contributed by atoms with Crippen molar-refractivity contribution in [3.05, 3.63) is 65.4 Å². The van der Waals surface area contributed by atoms with Crippen molar-refractivity contribution in [2.75, 3.05) is 5.32 Å². The molecule has 2 rings (SSSR count). The number of benzene rings is 2. The molecule has 2 aromatic carbocycles. The number of rotatable bonds is 3. The van der Waals surface area contributed by atoms with Crippen LogP contribution in [-0.4, -0.2) is 11.1 Å². The molecule has 0 aromatic heterocycles. The van der Waals surface area contributed by atoms with E-state index in [0.717, 1.165) is 16.7 Å². The van der Waals surface area contributed by atoms with Crippen LogP contribution >= 0.6 is 0 Å². The lowest BCUT2D eigenvalue weighted by Crippen LogP contribution is -2.23. The van der Waals surface area contributed by atoms with Crippen molar-refractivity contribution in [3.63, 3.8) is 0 Å². The molecule has 0 radical (unpaired) electrons. The van der Waals surface area contributed by atoms with Gasteiger partial charge in [0.25, 0.3) is 0 Å². The van der Waals surface area contributed by atoms with Crippen LogP contribution in [0.15, 0.2) is 48.7 Å². The number of carbonyl (C=O) groups excluding carboxylic acids is 1. The van der Waals surface area contributed by atoms with Crippen molar-refractivity contribution in [2.45, 2.75) is 13.8 Å². The van der Waals surface area contributed by atoms with Crippen LogP contribution in [0.2, 0.25) is 0 Å². The van der Waals surface area contributed by atoms with Gasteiger partial charge in [-0.05, 0) is 43.2 Å². The largest absolute Gasteiger partial charge is 0.506 e. The molecule has 0 aliphatic heterocycles. The molecule has 108 valence electrons. The number of aryl methyl sites for hydroxylation is 2. The SMILES string of the molecule is Cc1cccc(/C=C/NC(=O)Nc2cc(C)ccc2O)c1. The minimum atomic E-state index is -0.403. The number of hydrogen-bond acceptors (Lipinski definition) is 2. The summed E-state index contributed by atoms with van der Waals surface area (Å²) in [6, 6.07) is 12.6. The van der Waals surface area contributed by atoms with Gasteiger partial charge in [-0.1, -0.05) is 35.9 Å². The Labute approximate surface area is 124 Å². The van der Waals surface area contributed by atoms with E-state index >= 15 is 0 Å². The summed E-state index contributed by atoms with van der Waals surface area (Å²) in [4.78, 5) is 11.7. The van der Waals surface area contributed by atoms with Crippen molar-refractivity contribution >= 4 is 17.8 Å². The number of urea groups is 1. The summed E-state index contributed by atoms with van der Waals surface area (Å²) >= 11 is 0. The van der Waals surface area contributed by atoms with E-state index in [1.807, 2.05) is 44.2 Å². The number of carbonyl (C=O) groups is 1. The van der Waals surface area contributed by atoms with Crippen LogP contribution < -0.4 is 10.6 Å². The second-order valence-corrected chi connectivity index (χ2v) is 4.87. The highest BCUT2D eigenvalue weighted by atomic mass is 16.3. The molecule has 4 heteroatoms. The molecule has 0 saturated heterocycles. The molecule has 21 heavy (non-hydrogen) atoms. The van der Waals surface area contributed by atoms with Crippen molar-refractivity contribution in [2.24, 2.45) is 0 Å². The van der Waals surface area contributed by atoms with Crippen molar-refractivity contribution in [3.8, 4) is 5.75 Å². The number of anilines is 1.